The molecule has 3 aliphatic rings. The zero-order chi connectivity index (χ0) is 28.4. The lowest BCUT2D eigenvalue weighted by Crippen LogP contribution is -2.50. The molecule has 2 fully saturated rings. The van der Waals surface area contributed by atoms with Gasteiger partial charge >= 0.3 is 12.4 Å². The third-order valence-corrected chi connectivity index (χ3v) is 7.32. The number of amides is 1. The van der Waals surface area contributed by atoms with Crippen molar-refractivity contribution in [3.63, 3.8) is 0 Å². The zero-order valence-corrected chi connectivity index (χ0v) is 20.9. The fourth-order valence-electron chi connectivity index (χ4n) is 5.10. The zero-order valence-electron chi connectivity index (χ0n) is 20.9. The number of rotatable bonds is 6. The number of nitrogens with zero attached hydrogens (tertiary/aromatic N) is 4. The van der Waals surface area contributed by atoms with Crippen LogP contribution in [0.25, 0.3) is 0 Å². The van der Waals surface area contributed by atoms with E-state index in [0.29, 0.717) is 57.8 Å². The Morgan fingerprint density at radius 1 is 0.949 bits per heavy atom. The maximum Gasteiger partial charge on any atom is 0.419 e. The molecule has 1 atom stereocenters. The van der Waals surface area contributed by atoms with E-state index in [1.165, 1.54) is 18.2 Å². The Hall–Kier alpha value is -3.13. The first-order valence-corrected chi connectivity index (χ1v) is 12.5. The monoisotopic (exact) mass is 562 g/mol. The van der Waals surface area contributed by atoms with E-state index in [4.69, 9.17) is 4.74 Å². The number of likely N-dealkylation sites (tertiary alicyclic amines) is 1. The Labute approximate surface area is 220 Å². The van der Waals surface area contributed by atoms with Gasteiger partial charge < -0.3 is 14.5 Å². The van der Waals surface area contributed by atoms with E-state index in [-0.39, 0.29) is 18.6 Å². The van der Waals surface area contributed by atoms with Gasteiger partial charge in [-0.1, -0.05) is 6.08 Å². The van der Waals surface area contributed by atoms with Crippen molar-refractivity contribution in [2.45, 2.75) is 43.8 Å². The van der Waals surface area contributed by atoms with E-state index in [1.807, 2.05) is 9.80 Å². The van der Waals surface area contributed by atoms with Gasteiger partial charge in [-0.05, 0) is 37.1 Å². The Balaban J connectivity index is 1.19. The van der Waals surface area contributed by atoms with E-state index >= 15 is 0 Å². The second kappa shape index (κ2) is 11.5. The van der Waals surface area contributed by atoms with Gasteiger partial charge in [-0.3, -0.25) is 19.8 Å². The lowest BCUT2D eigenvalue weighted by molar-refractivity contribution is -0.422. The van der Waals surface area contributed by atoms with Crippen LogP contribution >= 0.6 is 0 Å². The fourth-order valence-corrected chi connectivity index (χ4v) is 5.10. The average Bonchev–Trinajstić information content (AvgIpc) is 2.91. The number of carbonyl (C=O) groups excluding carboxylic acids is 1. The number of halogens is 6. The second-order valence-corrected chi connectivity index (χ2v) is 9.71. The van der Waals surface area contributed by atoms with Crippen LogP contribution in [0, 0.1) is 10.1 Å². The SMILES string of the molecule is O=C(COC1CCN(C2C=CC([N+](=O)[O-])=C(C(F)(F)F)C2)CC1)N1CCN(c2ccc(C(F)(F)F)cc2)CC1. The maximum atomic E-state index is 13.3. The van der Waals surface area contributed by atoms with Gasteiger partial charge in [-0.15, -0.1) is 0 Å². The van der Waals surface area contributed by atoms with Crippen molar-refractivity contribution >= 4 is 11.6 Å². The van der Waals surface area contributed by atoms with E-state index in [9.17, 15) is 41.3 Å². The summed E-state index contributed by atoms with van der Waals surface area (Å²) in [6, 6.07) is 4.30. The van der Waals surface area contributed by atoms with Crippen molar-refractivity contribution in [2.24, 2.45) is 0 Å². The average molecular weight is 563 g/mol. The molecule has 2 heterocycles. The van der Waals surface area contributed by atoms with Crippen LogP contribution < -0.4 is 4.90 Å². The predicted octanol–water partition coefficient (Wildman–Crippen LogP) is 4.26. The molecule has 1 aromatic carbocycles. The number of hydrogen-bond acceptors (Lipinski definition) is 6. The van der Waals surface area contributed by atoms with Gasteiger partial charge in [0, 0.05) is 63.5 Å². The minimum absolute atomic E-state index is 0.137. The minimum Gasteiger partial charge on any atom is -0.368 e. The van der Waals surface area contributed by atoms with Gasteiger partial charge in [0.25, 0.3) is 5.70 Å². The van der Waals surface area contributed by atoms with Crippen molar-refractivity contribution in [1.29, 1.82) is 0 Å². The van der Waals surface area contributed by atoms with Crippen LogP contribution in [0.1, 0.15) is 24.8 Å². The molecular formula is C25H28F6N4O4. The predicted molar refractivity (Wildman–Crippen MR) is 128 cm³/mol. The molecule has 0 N–H and O–H groups in total. The molecular weight excluding hydrogens is 534 g/mol. The topological polar surface area (TPSA) is 79.2 Å². The summed E-state index contributed by atoms with van der Waals surface area (Å²) in [5, 5.41) is 11.0. The molecule has 2 aliphatic heterocycles. The van der Waals surface area contributed by atoms with Gasteiger partial charge in [0.05, 0.1) is 16.6 Å². The van der Waals surface area contributed by atoms with E-state index in [1.54, 1.807) is 4.90 Å². The quantitative estimate of drug-likeness (QED) is 0.293. The Kier molecular flexibility index (Phi) is 8.54. The van der Waals surface area contributed by atoms with Crippen molar-refractivity contribution in [2.75, 3.05) is 50.8 Å². The summed E-state index contributed by atoms with van der Waals surface area (Å²) in [5.74, 6) is -0.202. The normalized spacial score (nSPS) is 21.9. The summed E-state index contributed by atoms with van der Waals surface area (Å²) in [6.45, 7) is 2.46. The Bertz CT molecular complexity index is 1100. The van der Waals surface area contributed by atoms with Crippen LogP contribution in [0.2, 0.25) is 0 Å². The molecule has 0 aromatic heterocycles. The minimum atomic E-state index is -4.78. The summed E-state index contributed by atoms with van der Waals surface area (Å²) >= 11 is 0. The molecule has 0 radical (unpaired) electrons. The van der Waals surface area contributed by atoms with E-state index in [0.717, 1.165) is 18.2 Å². The number of piperidine rings is 1. The molecule has 1 aromatic rings. The van der Waals surface area contributed by atoms with Gasteiger partial charge in [0.15, 0.2) is 0 Å². The third kappa shape index (κ3) is 7.10. The summed E-state index contributed by atoms with van der Waals surface area (Å²) in [6.07, 6.45) is -6.53. The number of allylic oxidation sites excluding steroid dienone is 1. The largest absolute Gasteiger partial charge is 0.419 e. The highest BCUT2D eigenvalue weighted by Crippen LogP contribution is 2.37. The summed E-state index contributed by atoms with van der Waals surface area (Å²) in [5.41, 5.74) is -2.12. The van der Waals surface area contributed by atoms with Crippen LogP contribution in [0.3, 0.4) is 0 Å². The Morgan fingerprint density at radius 2 is 1.56 bits per heavy atom. The first-order valence-electron chi connectivity index (χ1n) is 12.5. The number of ether oxygens (including phenoxy) is 1. The van der Waals surface area contributed by atoms with Gasteiger partial charge in [0.2, 0.25) is 5.91 Å². The first-order chi connectivity index (χ1) is 18.3. The fraction of sp³-hybridized carbons (Fsp3) is 0.560. The van der Waals surface area contributed by atoms with Crippen LogP contribution in [0.4, 0.5) is 32.0 Å². The number of alkyl halides is 6. The number of piperazine rings is 1. The molecule has 1 aliphatic carbocycles. The standard InChI is InChI=1S/C25H28F6N4O4/c26-24(27,28)17-1-3-18(4-2-17)33-11-13-34(14-12-33)23(36)16-39-20-7-9-32(10-8-20)19-5-6-22(35(37)38)21(15-19)25(29,30)31/h1-6,19-20H,7-16H2. The molecule has 14 heteroatoms. The van der Waals surface area contributed by atoms with Crippen LogP contribution in [0.5, 0.6) is 0 Å². The first kappa shape index (κ1) is 28.9. The third-order valence-electron chi connectivity index (χ3n) is 7.32. The highest BCUT2D eigenvalue weighted by atomic mass is 19.4. The molecule has 0 bridgehead atoms. The number of hydrogen-bond donors (Lipinski definition) is 0. The van der Waals surface area contributed by atoms with Crippen LogP contribution in [-0.2, 0) is 15.7 Å². The number of carbonyl (C=O) groups is 1. The molecule has 0 saturated carbocycles. The molecule has 8 nitrogen and oxygen atoms in total. The highest BCUT2D eigenvalue weighted by molar-refractivity contribution is 5.77. The molecule has 2 saturated heterocycles. The molecule has 1 unspecified atom stereocenters. The van der Waals surface area contributed by atoms with Crippen molar-refractivity contribution in [3.05, 3.63) is 63.4 Å². The van der Waals surface area contributed by atoms with Gasteiger partial charge in [-0.25, -0.2) is 0 Å². The number of anilines is 1. The van der Waals surface area contributed by atoms with Crippen LogP contribution in [-0.4, -0.2) is 84.8 Å². The van der Waals surface area contributed by atoms with Crippen LogP contribution in [0.15, 0.2) is 47.7 Å². The molecule has 214 valence electrons. The molecule has 1 amide bonds. The second-order valence-electron chi connectivity index (χ2n) is 9.71. The number of benzene rings is 1. The highest BCUT2D eigenvalue weighted by Gasteiger charge is 2.44. The molecule has 39 heavy (non-hydrogen) atoms. The summed E-state index contributed by atoms with van der Waals surface area (Å²) in [7, 11) is 0. The number of nitro groups is 1. The van der Waals surface area contributed by atoms with Crippen molar-refractivity contribution in [3.8, 4) is 0 Å². The van der Waals surface area contributed by atoms with Gasteiger partial charge in [0.1, 0.15) is 12.2 Å². The Morgan fingerprint density at radius 3 is 2.10 bits per heavy atom. The van der Waals surface area contributed by atoms with Gasteiger partial charge in [-0.2, -0.15) is 26.3 Å². The summed E-state index contributed by atoms with van der Waals surface area (Å²) < 4.78 is 84.1. The lowest BCUT2D eigenvalue weighted by atomic mass is 9.94. The maximum absolute atomic E-state index is 13.3. The van der Waals surface area contributed by atoms with E-state index in [2.05, 4.69) is 0 Å². The van der Waals surface area contributed by atoms with Crippen molar-refractivity contribution in [1.82, 2.24) is 9.80 Å². The lowest BCUT2D eigenvalue weighted by Gasteiger charge is -2.38. The molecule has 0 spiro atoms. The molecule has 4 rings (SSSR count). The smallest absolute Gasteiger partial charge is 0.368 e. The van der Waals surface area contributed by atoms with Crippen molar-refractivity contribution < 1.29 is 40.8 Å². The summed E-state index contributed by atoms with van der Waals surface area (Å²) in [4.78, 5) is 28.0. The van der Waals surface area contributed by atoms with E-state index < -0.39 is 46.6 Å².